The molecule has 4 aliphatic rings. The monoisotopic (exact) mass is 476 g/mol. The Morgan fingerprint density at radius 2 is 2.00 bits per heavy atom. The average Bonchev–Trinajstić information content (AvgIpc) is 3.23. The molecule has 34 heavy (non-hydrogen) atoms. The van der Waals surface area contributed by atoms with E-state index in [0.717, 1.165) is 18.4 Å². The summed E-state index contributed by atoms with van der Waals surface area (Å²) >= 11 is 0. The van der Waals surface area contributed by atoms with Gasteiger partial charge in [0.1, 0.15) is 17.6 Å². The van der Waals surface area contributed by atoms with E-state index in [9.17, 15) is 14.4 Å². The van der Waals surface area contributed by atoms with Crippen LogP contribution in [0.15, 0.2) is 23.0 Å². The van der Waals surface area contributed by atoms with Crippen LogP contribution in [-0.4, -0.2) is 56.0 Å². The molecule has 0 amide bonds. The van der Waals surface area contributed by atoms with Crippen molar-refractivity contribution in [2.75, 3.05) is 20.3 Å². The molecule has 4 fully saturated rings. The lowest BCUT2D eigenvalue weighted by atomic mass is 9.42. The van der Waals surface area contributed by atoms with Gasteiger partial charge in [-0.1, -0.05) is 13.3 Å². The Morgan fingerprint density at radius 1 is 1.24 bits per heavy atom. The van der Waals surface area contributed by atoms with Crippen molar-refractivity contribution in [3.05, 3.63) is 24.2 Å². The molecule has 0 radical (unpaired) electrons. The van der Waals surface area contributed by atoms with Crippen LogP contribution in [-0.2, 0) is 38.1 Å². The Labute approximate surface area is 198 Å². The van der Waals surface area contributed by atoms with E-state index in [1.54, 1.807) is 19.6 Å². The zero-order valence-corrected chi connectivity index (χ0v) is 20.0. The molecule has 3 heterocycles. The number of esters is 2. The number of fused-ring (bicyclic) bond motifs is 3. The highest BCUT2D eigenvalue weighted by Crippen LogP contribution is 2.71. The minimum atomic E-state index is -1.16. The van der Waals surface area contributed by atoms with Gasteiger partial charge in [0.2, 0.25) is 0 Å². The summed E-state index contributed by atoms with van der Waals surface area (Å²) < 4.78 is 35.0. The first-order valence-electron chi connectivity index (χ1n) is 11.9. The van der Waals surface area contributed by atoms with Crippen LogP contribution in [0.1, 0.15) is 58.1 Å². The molecule has 5 rings (SSSR count). The quantitative estimate of drug-likeness (QED) is 0.467. The largest absolute Gasteiger partial charge is 0.472 e. The summed E-state index contributed by atoms with van der Waals surface area (Å²) in [6, 6.07) is 1.86. The van der Waals surface area contributed by atoms with Crippen LogP contribution in [0, 0.1) is 22.7 Å². The summed E-state index contributed by atoms with van der Waals surface area (Å²) in [7, 11) is 1.59. The van der Waals surface area contributed by atoms with Crippen LogP contribution in [0.25, 0.3) is 0 Å². The molecule has 1 aromatic heterocycles. The van der Waals surface area contributed by atoms with Gasteiger partial charge in [-0.2, -0.15) is 0 Å². The zero-order valence-electron chi connectivity index (χ0n) is 20.0. The van der Waals surface area contributed by atoms with Crippen LogP contribution >= 0.6 is 0 Å². The molecule has 0 aromatic carbocycles. The molecule has 0 bridgehead atoms. The van der Waals surface area contributed by atoms with E-state index in [1.165, 1.54) is 13.8 Å². The molecule has 2 saturated carbocycles. The SMILES string of the molecule is CO[C@H]1O[C@H](c2ccoc2)C[C@]12[C@H](C)[C@H](OC(C)=O)C(=O)[C@]1(COC(C)=O)[C@@H]2CCC[C@]12CO2. The molecule has 2 aliphatic heterocycles. The second-order valence-electron chi connectivity index (χ2n) is 10.2. The highest BCUT2D eigenvalue weighted by molar-refractivity contribution is 5.94. The van der Waals surface area contributed by atoms with Gasteiger partial charge in [-0.3, -0.25) is 14.4 Å². The predicted octanol–water partition coefficient (Wildman–Crippen LogP) is 2.97. The number of carbonyl (C=O) groups excluding carboxylic acids is 3. The number of epoxide rings is 1. The fraction of sp³-hybridized carbons (Fsp3) is 0.720. The molecule has 2 spiro atoms. The van der Waals surface area contributed by atoms with E-state index in [0.29, 0.717) is 19.4 Å². The molecule has 2 aliphatic carbocycles. The Hall–Kier alpha value is -2.23. The van der Waals surface area contributed by atoms with Crippen molar-refractivity contribution in [3.8, 4) is 0 Å². The van der Waals surface area contributed by atoms with E-state index in [2.05, 4.69) is 0 Å². The van der Waals surface area contributed by atoms with Gasteiger partial charge < -0.3 is 28.1 Å². The number of methoxy groups -OCH3 is 1. The molecule has 0 unspecified atom stereocenters. The summed E-state index contributed by atoms with van der Waals surface area (Å²) in [5.74, 6) is -1.89. The van der Waals surface area contributed by atoms with Crippen LogP contribution in [0.4, 0.5) is 0 Å². The highest BCUT2D eigenvalue weighted by Gasteiger charge is 2.80. The number of Topliss-reactive ketones (excluding diaryl/α,β-unsaturated/α-hetero) is 1. The van der Waals surface area contributed by atoms with Gasteiger partial charge in [0, 0.05) is 37.9 Å². The van der Waals surface area contributed by atoms with Crippen LogP contribution in [0.3, 0.4) is 0 Å². The van der Waals surface area contributed by atoms with E-state index < -0.39 is 46.7 Å². The maximum absolute atomic E-state index is 14.3. The lowest BCUT2D eigenvalue weighted by Crippen LogP contribution is -2.71. The predicted molar refractivity (Wildman–Crippen MR) is 115 cm³/mol. The molecule has 0 N–H and O–H groups in total. The molecule has 9 heteroatoms. The molecule has 186 valence electrons. The van der Waals surface area contributed by atoms with Gasteiger partial charge in [-0.15, -0.1) is 0 Å². The Morgan fingerprint density at radius 3 is 2.59 bits per heavy atom. The van der Waals surface area contributed by atoms with Gasteiger partial charge >= 0.3 is 11.9 Å². The molecule has 1 aromatic rings. The molecular formula is C25H32O9. The first kappa shape index (κ1) is 23.5. The fourth-order valence-corrected chi connectivity index (χ4v) is 7.30. The van der Waals surface area contributed by atoms with Crippen LogP contribution < -0.4 is 0 Å². The van der Waals surface area contributed by atoms with Crippen molar-refractivity contribution < 1.29 is 42.5 Å². The van der Waals surface area contributed by atoms with Crippen LogP contribution in [0.5, 0.6) is 0 Å². The summed E-state index contributed by atoms with van der Waals surface area (Å²) in [6.45, 7) is 4.84. The highest BCUT2D eigenvalue weighted by atomic mass is 16.7. The number of hydrogen-bond acceptors (Lipinski definition) is 9. The van der Waals surface area contributed by atoms with Gasteiger partial charge in [0.05, 0.1) is 25.2 Å². The second-order valence-corrected chi connectivity index (χ2v) is 10.2. The lowest BCUT2D eigenvalue weighted by molar-refractivity contribution is -0.249. The molecule has 2 saturated heterocycles. The van der Waals surface area contributed by atoms with Crippen molar-refractivity contribution in [2.24, 2.45) is 22.7 Å². The zero-order chi connectivity index (χ0) is 24.3. The summed E-state index contributed by atoms with van der Waals surface area (Å²) in [5, 5.41) is 0. The third-order valence-electron chi connectivity index (χ3n) is 8.81. The number of ketones is 1. The third kappa shape index (κ3) is 3.13. The van der Waals surface area contributed by atoms with Crippen molar-refractivity contribution >= 4 is 17.7 Å². The van der Waals surface area contributed by atoms with E-state index in [4.69, 9.17) is 28.1 Å². The first-order valence-corrected chi connectivity index (χ1v) is 11.9. The Bertz CT molecular complexity index is 967. The van der Waals surface area contributed by atoms with E-state index >= 15 is 0 Å². The number of hydrogen-bond donors (Lipinski definition) is 0. The first-order chi connectivity index (χ1) is 16.2. The van der Waals surface area contributed by atoms with Crippen molar-refractivity contribution in [3.63, 3.8) is 0 Å². The molecule has 9 nitrogen and oxygen atoms in total. The molecular weight excluding hydrogens is 444 g/mol. The molecule has 8 atom stereocenters. The van der Waals surface area contributed by atoms with E-state index in [-0.39, 0.29) is 24.4 Å². The normalized spacial score (nSPS) is 43.1. The van der Waals surface area contributed by atoms with Crippen LogP contribution in [0.2, 0.25) is 0 Å². The van der Waals surface area contributed by atoms with Crippen molar-refractivity contribution in [1.29, 1.82) is 0 Å². The fourth-order valence-electron chi connectivity index (χ4n) is 7.30. The average molecular weight is 477 g/mol. The number of rotatable bonds is 5. The smallest absolute Gasteiger partial charge is 0.303 e. The van der Waals surface area contributed by atoms with Crippen molar-refractivity contribution in [2.45, 2.75) is 70.6 Å². The third-order valence-corrected chi connectivity index (χ3v) is 8.81. The summed E-state index contributed by atoms with van der Waals surface area (Å²) in [4.78, 5) is 38.4. The van der Waals surface area contributed by atoms with Crippen molar-refractivity contribution in [1.82, 2.24) is 0 Å². The van der Waals surface area contributed by atoms with E-state index in [1.807, 2.05) is 13.0 Å². The topological polar surface area (TPSA) is 114 Å². The van der Waals surface area contributed by atoms with Gasteiger partial charge in [-0.25, -0.2) is 0 Å². The lowest BCUT2D eigenvalue weighted by Gasteiger charge is -2.61. The minimum Gasteiger partial charge on any atom is -0.472 e. The van der Waals surface area contributed by atoms with Gasteiger partial charge in [0.25, 0.3) is 0 Å². The maximum Gasteiger partial charge on any atom is 0.303 e. The summed E-state index contributed by atoms with van der Waals surface area (Å²) in [6.07, 6.45) is 4.03. The van der Waals surface area contributed by atoms with Gasteiger partial charge in [-0.05, 0) is 31.2 Å². The maximum atomic E-state index is 14.3. The number of ether oxygens (including phenoxy) is 5. The Kier molecular flexibility index (Phi) is 5.65. The standard InChI is InChI=1S/C25H32O9/c1-14-20(33-16(3)27)21(28)25(13-31-15(2)26)19(6-5-8-23(25)12-32-23)24(14)10-18(34-22(24)29-4)17-7-9-30-11-17/h7,9,11,14,18-20,22H,5-6,8,10,12-13H2,1-4H3/t14-,18+,19-,20+,22+,23+,24-,25+/m1/s1. The number of carbonyl (C=O) groups is 3. The Balaban J connectivity index is 1.68. The van der Waals surface area contributed by atoms with Gasteiger partial charge in [0.15, 0.2) is 18.2 Å². The minimum absolute atomic E-state index is 0.120. The second kappa shape index (κ2) is 8.17. The summed E-state index contributed by atoms with van der Waals surface area (Å²) in [5.41, 5.74) is -1.72. The number of furan rings is 1.